The maximum absolute atomic E-state index is 12.6. The molecule has 28 heavy (non-hydrogen) atoms. The SMILES string of the molecule is Cc1cc(CCC2CCC(C3CCC(C)CC3)CC2)cc(C)c1OC(F)(F)F. The van der Waals surface area contributed by atoms with Gasteiger partial charge in [0.05, 0.1) is 0 Å². The summed E-state index contributed by atoms with van der Waals surface area (Å²) in [5.74, 6) is 3.55. The largest absolute Gasteiger partial charge is 0.573 e. The van der Waals surface area contributed by atoms with Gasteiger partial charge in [0.25, 0.3) is 0 Å². The summed E-state index contributed by atoms with van der Waals surface area (Å²) in [4.78, 5) is 0. The Kier molecular flexibility index (Phi) is 6.98. The summed E-state index contributed by atoms with van der Waals surface area (Å²) in [5.41, 5.74) is 2.28. The Morgan fingerprint density at radius 3 is 1.86 bits per heavy atom. The zero-order valence-corrected chi connectivity index (χ0v) is 17.6. The first kappa shape index (κ1) is 21.5. The molecule has 0 aromatic heterocycles. The van der Waals surface area contributed by atoms with Crippen LogP contribution < -0.4 is 4.74 Å². The van der Waals surface area contributed by atoms with Gasteiger partial charge in [0.15, 0.2) is 0 Å². The lowest BCUT2D eigenvalue weighted by Crippen LogP contribution is -2.25. The van der Waals surface area contributed by atoms with Crippen LogP contribution in [-0.4, -0.2) is 6.36 Å². The molecule has 0 heterocycles. The summed E-state index contributed by atoms with van der Waals surface area (Å²) in [6, 6.07) is 3.73. The highest BCUT2D eigenvalue weighted by atomic mass is 19.4. The third kappa shape index (κ3) is 5.90. The van der Waals surface area contributed by atoms with Crippen molar-refractivity contribution < 1.29 is 17.9 Å². The van der Waals surface area contributed by atoms with Crippen LogP contribution in [0.2, 0.25) is 0 Å². The Hall–Kier alpha value is -1.19. The van der Waals surface area contributed by atoms with Gasteiger partial charge in [0.2, 0.25) is 0 Å². The van der Waals surface area contributed by atoms with Crippen LogP contribution in [0.4, 0.5) is 13.2 Å². The van der Waals surface area contributed by atoms with Gasteiger partial charge in [-0.2, -0.15) is 0 Å². The lowest BCUT2D eigenvalue weighted by atomic mass is 9.69. The third-order valence-electron chi connectivity index (χ3n) is 7.20. The molecule has 1 aromatic rings. The number of hydrogen-bond donors (Lipinski definition) is 0. The number of aryl methyl sites for hydroxylation is 3. The van der Waals surface area contributed by atoms with E-state index in [9.17, 15) is 13.2 Å². The van der Waals surface area contributed by atoms with Crippen molar-refractivity contribution in [2.24, 2.45) is 23.7 Å². The molecule has 0 saturated heterocycles. The van der Waals surface area contributed by atoms with Gasteiger partial charge in [-0.05, 0) is 92.7 Å². The van der Waals surface area contributed by atoms with Gasteiger partial charge in [-0.25, -0.2) is 0 Å². The molecule has 158 valence electrons. The lowest BCUT2D eigenvalue weighted by molar-refractivity contribution is -0.275. The molecule has 1 nitrogen and oxygen atoms in total. The summed E-state index contributed by atoms with van der Waals surface area (Å²) in [7, 11) is 0. The van der Waals surface area contributed by atoms with Crippen molar-refractivity contribution in [3.05, 3.63) is 28.8 Å². The van der Waals surface area contributed by atoms with Crippen LogP contribution in [0, 0.1) is 37.5 Å². The number of alkyl halides is 3. The van der Waals surface area contributed by atoms with E-state index in [0.717, 1.165) is 42.1 Å². The van der Waals surface area contributed by atoms with E-state index >= 15 is 0 Å². The highest BCUT2D eigenvalue weighted by Gasteiger charge is 2.33. The third-order valence-corrected chi connectivity index (χ3v) is 7.20. The second-order valence-corrected chi connectivity index (χ2v) is 9.45. The molecule has 0 N–H and O–H groups in total. The Bertz CT molecular complexity index is 613. The summed E-state index contributed by atoms with van der Waals surface area (Å²) in [6.07, 6.45) is 8.55. The number of rotatable bonds is 5. The number of benzene rings is 1. The second kappa shape index (κ2) is 9.09. The molecule has 0 aliphatic heterocycles. The maximum atomic E-state index is 12.6. The molecule has 2 aliphatic rings. The second-order valence-electron chi connectivity index (χ2n) is 9.45. The van der Waals surface area contributed by atoms with Crippen molar-refractivity contribution in [3.63, 3.8) is 0 Å². The predicted molar refractivity (Wildman–Crippen MR) is 107 cm³/mol. The van der Waals surface area contributed by atoms with E-state index in [4.69, 9.17) is 0 Å². The van der Waals surface area contributed by atoms with Gasteiger partial charge in [-0.1, -0.05) is 44.7 Å². The van der Waals surface area contributed by atoms with Crippen LogP contribution in [0.15, 0.2) is 12.1 Å². The molecule has 0 radical (unpaired) electrons. The van der Waals surface area contributed by atoms with E-state index in [1.807, 2.05) is 12.1 Å². The van der Waals surface area contributed by atoms with Crippen LogP contribution in [0.5, 0.6) is 5.75 Å². The van der Waals surface area contributed by atoms with E-state index in [2.05, 4.69) is 11.7 Å². The van der Waals surface area contributed by atoms with E-state index in [1.54, 1.807) is 13.8 Å². The smallest absolute Gasteiger partial charge is 0.405 e. The van der Waals surface area contributed by atoms with Gasteiger partial charge in [0.1, 0.15) is 5.75 Å². The quantitative estimate of drug-likeness (QED) is 0.494. The van der Waals surface area contributed by atoms with Gasteiger partial charge in [-0.3, -0.25) is 0 Å². The minimum absolute atomic E-state index is 0.0430. The van der Waals surface area contributed by atoms with Crippen molar-refractivity contribution >= 4 is 0 Å². The summed E-state index contributed by atoms with van der Waals surface area (Å²) in [5, 5.41) is 0. The van der Waals surface area contributed by atoms with Crippen LogP contribution in [0.1, 0.15) is 81.4 Å². The summed E-state index contributed by atoms with van der Waals surface area (Å²) >= 11 is 0. The van der Waals surface area contributed by atoms with E-state index < -0.39 is 6.36 Å². The minimum atomic E-state index is -4.63. The lowest BCUT2D eigenvalue weighted by Gasteiger charge is -2.37. The molecule has 0 amide bonds. The van der Waals surface area contributed by atoms with Crippen LogP contribution in [-0.2, 0) is 6.42 Å². The molecule has 0 spiro atoms. The fourth-order valence-electron chi connectivity index (χ4n) is 5.54. The average Bonchev–Trinajstić information content (AvgIpc) is 2.63. The predicted octanol–water partition coefficient (Wildman–Crippen LogP) is 7.77. The first-order valence-corrected chi connectivity index (χ1v) is 11.1. The molecule has 0 unspecified atom stereocenters. The molecule has 2 saturated carbocycles. The number of hydrogen-bond acceptors (Lipinski definition) is 1. The standard InChI is InChI=1S/C24H35F3O/c1-16-4-10-21(11-5-16)22-12-8-19(9-13-22)6-7-20-14-17(2)23(18(3)15-20)28-24(25,26)27/h14-16,19,21-22H,4-13H2,1-3H3. The molecule has 3 rings (SSSR count). The Balaban J connectivity index is 1.47. The van der Waals surface area contributed by atoms with Crippen molar-refractivity contribution in [2.75, 3.05) is 0 Å². The van der Waals surface area contributed by atoms with Gasteiger partial charge >= 0.3 is 6.36 Å². The topological polar surface area (TPSA) is 9.23 Å². The molecule has 2 aliphatic carbocycles. The molecular weight excluding hydrogens is 361 g/mol. The van der Waals surface area contributed by atoms with Crippen LogP contribution >= 0.6 is 0 Å². The molecule has 2 fully saturated rings. The monoisotopic (exact) mass is 396 g/mol. The van der Waals surface area contributed by atoms with E-state index in [1.165, 1.54) is 51.4 Å². The average molecular weight is 397 g/mol. The number of ether oxygens (including phenoxy) is 1. The summed E-state index contributed by atoms with van der Waals surface area (Å²) in [6.45, 7) is 5.79. The Morgan fingerprint density at radius 2 is 1.36 bits per heavy atom. The Labute approximate surface area is 168 Å². The summed E-state index contributed by atoms with van der Waals surface area (Å²) < 4.78 is 41.9. The van der Waals surface area contributed by atoms with Gasteiger partial charge < -0.3 is 4.74 Å². The van der Waals surface area contributed by atoms with Crippen molar-refractivity contribution in [1.82, 2.24) is 0 Å². The van der Waals surface area contributed by atoms with Gasteiger partial charge in [-0.15, -0.1) is 13.2 Å². The Morgan fingerprint density at radius 1 is 0.857 bits per heavy atom. The molecule has 0 atom stereocenters. The molecule has 1 aromatic carbocycles. The normalized spacial score (nSPS) is 28.9. The van der Waals surface area contributed by atoms with E-state index in [-0.39, 0.29) is 5.75 Å². The van der Waals surface area contributed by atoms with Crippen LogP contribution in [0.25, 0.3) is 0 Å². The fraction of sp³-hybridized carbons (Fsp3) is 0.750. The van der Waals surface area contributed by atoms with Crippen LogP contribution in [0.3, 0.4) is 0 Å². The van der Waals surface area contributed by atoms with Crippen molar-refractivity contribution in [1.29, 1.82) is 0 Å². The van der Waals surface area contributed by atoms with Crippen molar-refractivity contribution in [3.8, 4) is 5.75 Å². The number of halogens is 3. The minimum Gasteiger partial charge on any atom is -0.405 e. The highest BCUT2D eigenvalue weighted by molar-refractivity contribution is 5.43. The zero-order valence-electron chi connectivity index (χ0n) is 17.6. The van der Waals surface area contributed by atoms with Gasteiger partial charge in [0, 0.05) is 0 Å². The highest BCUT2D eigenvalue weighted by Crippen LogP contribution is 2.42. The van der Waals surface area contributed by atoms with Crippen molar-refractivity contribution in [2.45, 2.75) is 91.3 Å². The maximum Gasteiger partial charge on any atom is 0.573 e. The zero-order chi connectivity index (χ0) is 20.3. The fourth-order valence-corrected chi connectivity index (χ4v) is 5.54. The molecular formula is C24H35F3O. The molecule has 4 heteroatoms. The first-order valence-electron chi connectivity index (χ1n) is 11.1. The molecule has 0 bridgehead atoms. The first-order chi connectivity index (χ1) is 13.2. The van der Waals surface area contributed by atoms with E-state index in [0.29, 0.717) is 11.1 Å².